The van der Waals surface area contributed by atoms with Gasteiger partial charge in [-0.05, 0) is 31.6 Å². The molecule has 2 aliphatic heterocycles. The van der Waals surface area contributed by atoms with Gasteiger partial charge in [-0.25, -0.2) is 4.98 Å². The van der Waals surface area contributed by atoms with E-state index in [4.69, 9.17) is 0 Å². The molecule has 19 heavy (non-hydrogen) atoms. The molecule has 2 saturated heterocycles. The second-order valence-electron chi connectivity index (χ2n) is 6.78. The van der Waals surface area contributed by atoms with Gasteiger partial charge in [0, 0.05) is 51.2 Å². The van der Waals surface area contributed by atoms with Crippen molar-refractivity contribution in [3.8, 4) is 0 Å². The van der Waals surface area contributed by atoms with Crippen molar-refractivity contribution in [1.29, 1.82) is 0 Å². The van der Waals surface area contributed by atoms with Gasteiger partial charge in [0.2, 0.25) is 0 Å². The minimum atomic E-state index is 0.535. The molecule has 3 aliphatic rings. The van der Waals surface area contributed by atoms with E-state index in [1.807, 2.05) is 12.4 Å². The highest BCUT2D eigenvalue weighted by Crippen LogP contribution is 2.42. The molecule has 4 rings (SSSR count). The first-order valence-corrected chi connectivity index (χ1v) is 7.69. The normalized spacial score (nSPS) is 32.1. The van der Waals surface area contributed by atoms with Crippen molar-refractivity contribution in [2.45, 2.75) is 37.8 Å². The summed E-state index contributed by atoms with van der Waals surface area (Å²) in [5, 5.41) is 0. The maximum Gasteiger partial charge on any atom is 0.122 e. The molecule has 4 nitrogen and oxygen atoms in total. The zero-order valence-corrected chi connectivity index (χ0v) is 11.9. The lowest BCUT2D eigenvalue weighted by atomic mass is 9.83. The number of aromatic nitrogens is 2. The molecule has 1 saturated carbocycles. The predicted octanol–water partition coefficient (Wildman–Crippen LogP) is 1.48. The van der Waals surface area contributed by atoms with Crippen LogP contribution in [0.1, 0.15) is 31.5 Å². The van der Waals surface area contributed by atoms with Crippen molar-refractivity contribution in [1.82, 2.24) is 19.4 Å². The molecule has 0 bridgehead atoms. The zero-order chi connectivity index (χ0) is 12.9. The lowest BCUT2D eigenvalue weighted by molar-refractivity contribution is -0.0108. The fourth-order valence-electron chi connectivity index (χ4n) is 3.77. The van der Waals surface area contributed by atoms with Crippen LogP contribution in [-0.4, -0.2) is 51.1 Å². The Morgan fingerprint density at radius 2 is 2.16 bits per heavy atom. The maximum atomic E-state index is 4.46. The van der Waals surface area contributed by atoms with E-state index in [1.54, 1.807) is 0 Å². The molecule has 0 radical (unpaired) electrons. The summed E-state index contributed by atoms with van der Waals surface area (Å²) >= 11 is 0. The van der Waals surface area contributed by atoms with Gasteiger partial charge in [0.1, 0.15) is 5.82 Å². The van der Waals surface area contributed by atoms with E-state index in [1.165, 1.54) is 57.7 Å². The quantitative estimate of drug-likeness (QED) is 0.819. The molecule has 1 aromatic heterocycles. The van der Waals surface area contributed by atoms with Crippen LogP contribution in [0.2, 0.25) is 0 Å². The van der Waals surface area contributed by atoms with E-state index < -0.39 is 0 Å². The van der Waals surface area contributed by atoms with Gasteiger partial charge < -0.3 is 4.57 Å². The first-order chi connectivity index (χ1) is 9.25. The Bertz CT molecular complexity index is 464. The van der Waals surface area contributed by atoms with Crippen LogP contribution in [0.3, 0.4) is 0 Å². The van der Waals surface area contributed by atoms with Crippen molar-refractivity contribution >= 4 is 0 Å². The molecular weight excluding hydrogens is 236 g/mol. The summed E-state index contributed by atoms with van der Waals surface area (Å²) in [5.74, 6) is 2.23. The van der Waals surface area contributed by atoms with Gasteiger partial charge in [0.05, 0.1) is 6.54 Å². The van der Waals surface area contributed by atoms with Crippen LogP contribution in [0, 0.1) is 5.92 Å². The van der Waals surface area contributed by atoms with E-state index >= 15 is 0 Å². The van der Waals surface area contributed by atoms with Gasteiger partial charge in [0.15, 0.2) is 0 Å². The Morgan fingerprint density at radius 1 is 1.32 bits per heavy atom. The molecule has 3 heterocycles. The van der Waals surface area contributed by atoms with Gasteiger partial charge >= 0.3 is 0 Å². The topological polar surface area (TPSA) is 24.3 Å². The average molecular weight is 260 g/mol. The van der Waals surface area contributed by atoms with Gasteiger partial charge in [-0.3, -0.25) is 9.80 Å². The summed E-state index contributed by atoms with van der Waals surface area (Å²) < 4.78 is 2.15. The lowest BCUT2D eigenvalue weighted by Gasteiger charge is -2.51. The first-order valence-electron chi connectivity index (χ1n) is 7.69. The summed E-state index contributed by atoms with van der Waals surface area (Å²) in [7, 11) is 2.09. The van der Waals surface area contributed by atoms with Crippen LogP contribution in [0.4, 0.5) is 0 Å². The van der Waals surface area contributed by atoms with Crippen molar-refractivity contribution in [2.24, 2.45) is 13.0 Å². The Labute approximate surface area is 115 Å². The molecule has 1 unspecified atom stereocenters. The number of nitrogens with zero attached hydrogens (tertiary/aromatic N) is 4. The molecule has 1 aliphatic carbocycles. The number of aryl methyl sites for hydroxylation is 1. The lowest BCUT2D eigenvalue weighted by Crippen LogP contribution is -2.61. The largest absolute Gasteiger partial charge is 0.337 e. The summed E-state index contributed by atoms with van der Waals surface area (Å²) in [4.78, 5) is 9.84. The third kappa shape index (κ3) is 2.11. The van der Waals surface area contributed by atoms with Crippen LogP contribution >= 0.6 is 0 Å². The molecule has 0 amide bonds. The minimum Gasteiger partial charge on any atom is -0.337 e. The minimum absolute atomic E-state index is 0.535. The van der Waals surface area contributed by atoms with Crippen molar-refractivity contribution < 1.29 is 0 Å². The molecule has 1 atom stereocenters. The Balaban J connectivity index is 1.38. The van der Waals surface area contributed by atoms with Gasteiger partial charge in [-0.2, -0.15) is 0 Å². The van der Waals surface area contributed by atoms with Crippen LogP contribution < -0.4 is 0 Å². The molecule has 0 N–H and O–H groups in total. The van der Waals surface area contributed by atoms with Crippen LogP contribution in [0.25, 0.3) is 0 Å². The number of imidazole rings is 1. The number of likely N-dealkylation sites (tertiary alicyclic amines) is 2. The molecule has 1 spiro atoms. The number of hydrogen-bond acceptors (Lipinski definition) is 3. The predicted molar refractivity (Wildman–Crippen MR) is 74.7 cm³/mol. The van der Waals surface area contributed by atoms with Crippen LogP contribution in [0.15, 0.2) is 12.4 Å². The third-order valence-electron chi connectivity index (χ3n) is 5.39. The van der Waals surface area contributed by atoms with Crippen molar-refractivity contribution in [3.63, 3.8) is 0 Å². The van der Waals surface area contributed by atoms with Gasteiger partial charge in [-0.15, -0.1) is 0 Å². The molecular formula is C15H24N4. The molecule has 3 fully saturated rings. The number of hydrogen-bond donors (Lipinski definition) is 0. The standard InChI is InChI=1S/C15H24N4/c1-17-9-6-16-14(17)11-18-7-4-15(12-18)5-8-19(15)10-13-2-3-13/h6,9,13H,2-5,7-8,10-12H2,1H3. The average Bonchev–Trinajstić information content (AvgIpc) is 2.98. The molecule has 0 aromatic carbocycles. The van der Waals surface area contributed by atoms with Crippen molar-refractivity contribution in [3.05, 3.63) is 18.2 Å². The van der Waals surface area contributed by atoms with E-state index in [0.29, 0.717) is 5.54 Å². The van der Waals surface area contributed by atoms with E-state index in [0.717, 1.165) is 12.5 Å². The SMILES string of the molecule is Cn1ccnc1CN1CCC2(CCN2CC2CC2)C1. The third-order valence-corrected chi connectivity index (χ3v) is 5.39. The Hall–Kier alpha value is -0.870. The van der Waals surface area contributed by atoms with E-state index in [2.05, 4.69) is 26.4 Å². The smallest absolute Gasteiger partial charge is 0.122 e. The zero-order valence-electron chi connectivity index (χ0n) is 11.9. The second kappa shape index (κ2) is 4.32. The Morgan fingerprint density at radius 3 is 2.79 bits per heavy atom. The highest BCUT2D eigenvalue weighted by atomic mass is 15.3. The maximum absolute atomic E-state index is 4.46. The summed E-state index contributed by atoms with van der Waals surface area (Å²) in [6.45, 7) is 6.23. The summed E-state index contributed by atoms with van der Waals surface area (Å²) in [6, 6.07) is 0. The summed E-state index contributed by atoms with van der Waals surface area (Å²) in [5.41, 5.74) is 0.535. The van der Waals surface area contributed by atoms with Gasteiger partial charge in [0.25, 0.3) is 0 Å². The Kier molecular flexibility index (Phi) is 2.71. The van der Waals surface area contributed by atoms with Gasteiger partial charge in [-0.1, -0.05) is 0 Å². The molecule has 1 aromatic rings. The van der Waals surface area contributed by atoms with Crippen LogP contribution in [0.5, 0.6) is 0 Å². The van der Waals surface area contributed by atoms with E-state index in [-0.39, 0.29) is 0 Å². The van der Waals surface area contributed by atoms with Crippen LogP contribution in [-0.2, 0) is 13.6 Å². The number of rotatable bonds is 4. The fraction of sp³-hybridized carbons (Fsp3) is 0.800. The fourth-order valence-corrected chi connectivity index (χ4v) is 3.77. The first kappa shape index (κ1) is 11.9. The second-order valence-corrected chi connectivity index (χ2v) is 6.78. The monoisotopic (exact) mass is 260 g/mol. The van der Waals surface area contributed by atoms with E-state index in [9.17, 15) is 0 Å². The van der Waals surface area contributed by atoms with Crippen molar-refractivity contribution in [2.75, 3.05) is 26.2 Å². The molecule has 104 valence electrons. The highest BCUT2D eigenvalue weighted by Gasteiger charge is 2.50. The highest BCUT2D eigenvalue weighted by molar-refractivity contribution is 5.07. The summed E-state index contributed by atoms with van der Waals surface area (Å²) in [6.07, 6.45) is 9.68. The molecule has 4 heteroatoms.